The third kappa shape index (κ3) is 1.75. The van der Waals surface area contributed by atoms with E-state index in [2.05, 4.69) is 9.78 Å². The first-order chi connectivity index (χ1) is 7.25. The predicted molar refractivity (Wildman–Crippen MR) is 60.3 cm³/mol. The molecule has 3 rings (SSSR count). The van der Waals surface area contributed by atoms with Crippen molar-refractivity contribution in [1.29, 1.82) is 0 Å². The zero-order valence-electron chi connectivity index (χ0n) is 9.32. The molecule has 2 N–H and O–H groups in total. The Balaban J connectivity index is 1.52. The monoisotopic (exact) mass is 205 g/mol. The van der Waals surface area contributed by atoms with Gasteiger partial charge in [-0.2, -0.15) is 5.10 Å². The van der Waals surface area contributed by atoms with Gasteiger partial charge < -0.3 is 5.73 Å². The van der Waals surface area contributed by atoms with Crippen molar-refractivity contribution in [2.45, 2.75) is 39.2 Å². The number of hydrogen-bond acceptors (Lipinski definition) is 2. The molecule has 2 aliphatic carbocycles. The molecule has 3 heteroatoms. The number of rotatable bonds is 4. The summed E-state index contributed by atoms with van der Waals surface area (Å²) in [5, 5.41) is 4.29. The summed E-state index contributed by atoms with van der Waals surface area (Å²) in [5.41, 5.74) is 7.71. The largest absolute Gasteiger partial charge is 0.396 e. The van der Waals surface area contributed by atoms with Crippen molar-refractivity contribution in [3.8, 4) is 0 Å². The molecule has 0 aliphatic heterocycles. The number of nitrogens with zero attached hydrogens (tertiary/aromatic N) is 2. The van der Waals surface area contributed by atoms with E-state index in [9.17, 15) is 0 Å². The summed E-state index contributed by atoms with van der Waals surface area (Å²) in [7, 11) is 0. The fourth-order valence-electron chi connectivity index (χ4n) is 2.68. The molecular weight excluding hydrogens is 186 g/mol. The lowest BCUT2D eigenvalue weighted by atomic mass is 10.2. The first-order valence-corrected chi connectivity index (χ1v) is 6.03. The van der Waals surface area contributed by atoms with Crippen molar-refractivity contribution in [3.05, 3.63) is 11.9 Å². The molecule has 2 aliphatic rings. The number of nitrogens with two attached hydrogens (primary N) is 1. The zero-order valence-corrected chi connectivity index (χ0v) is 9.32. The van der Waals surface area contributed by atoms with Crippen LogP contribution in [0.3, 0.4) is 0 Å². The molecular formula is C12H19N3. The van der Waals surface area contributed by atoms with Gasteiger partial charge in [-0.05, 0) is 50.4 Å². The molecule has 0 spiro atoms. The highest BCUT2D eigenvalue weighted by Crippen LogP contribution is 2.55. The smallest absolute Gasteiger partial charge is 0.0730 e. The van der Waals surface area contributed by atoms with Gasteiger partial charge in [-0.1, -0.05) is 0 Å². The van der Waals surface area contributed by atoms with E-state index in [-0.39, 0.29) is 0 Å². The van der Waals surface area contributed by atoms with Crippen LogP contribution in [-0.4, -0.2) is 9.78 Å². The Kier molecular flexibility index (Phi) is 2.01. The zero-order chi connectivity index (χ0) is 10.4. The Morgan fingerprint density at radius 3 is 2.93 bits per heavy atom. The van der Waals surface area contributed by atoms with Crippen LogP contribution in [0.25, 0.3) is 0 Å². The maximum absolute atomic E-state index is 5.76. The van der Waals surface area contributed by atoms with Crippen molar-refractivity contribution in [2.24, 2.45) is 17.8 Å². The third-order valence-corrected chi connectivity index (χ3v) is 4.06. The van der Waals surface area contributed by atoms with Gasteiger partial charge in [-0.15, -0.1) is 0 Å². The summed E-state index contributed by atoms with van der Waals surface area (Å²) in [6.45, 7) is 3.10. The first kappa shape index (κ1) is 9.25. The fraction of sp³-hybridized carbons (Fsp3) is 0.750. The summed E-state index contributed by atoms with van der Waals surface area (Å²) in [6.07, 6.45) is 7.52. The molecule has 1 aromatic heterocycles. The van der Waals surface area contributed by atoms with E-state index in [0.29, 0.717) is 0 Å². The van der Waals surface area contributed by atoms with Gasteiger partial charge >= 0.3 is 0 Å². The van der Waals surface area contributed by atoms with Gasteiger partial charge in [0.1, 0.15) is 0 Å². The number of anilines is 1. The SMILES string of the molecule is Cc1c(N)cnn1CCC1CC1C1CC1. The van der Waals surface area contributed by atoms with Gasteiger partial charge in [-0.25, -0.2) is 0 Å². The van der Waals surface area contributed by atoms with Crippen molar-refractivity contribution in [1.82, 2.24) is 9.78 Å². The van der Waals surface area contributed by atoms with E-state index < -0.39 is 0 Å². The van der Waals surface area contributed by atoms with Crippen molar-refractivity contribution in [2.75, 3.05) is 5.73 Å². The number of nitrogen functional groups attached to an aromatic ring is 1. The van der Waals surface area contributed by atoms with Crippen LogP contribution in [0.5, 0.6) is 0 Å². The van der Waals surface area contributed by atoms with Crippen molar-refractivity contribution >= 4 is 5.69 Å². The van der Waals surface area contributed by atoms with E-state index in [0.717, 1.165) is 35.7 Å². The number of hydrogen-bond donors (Lipinski definition) is 1. The molecule has 0 saturated heterocycles. The standard InChI is InChI=1S/C12H19N3/c1-8-12(13)7-14-15(8)5-4-10-6-11(10)9-2-3-9/h7,9-11H,2-6,13H2,1H3. The Hall–Kier alpha value is -0.990. The Labute approximate surface area is 90.7 Å². The Morgan fingerprint density at radius 2 is 2.33 bits per heavy atom. The normalized spacial score (nSPS) is 29.4. The molecule has 2 atom stereocenters. The fourth-order valence-corrected chi connectivity index (χ4v) is 2.68. The highest BCUT2D eigenvalue weighted by Gasteiger charge is 2.46. The topological polar surface area (TPSA) is 43.8 Å². The minimum Gasteiger partial charge on any atom is -0.396 e. The van der Waals surface area contributed by atoms with Crippen LogP contribution in [0.15, 0.2) is 6.20 Å². The molecule has 0 bridgehead atoms. The lowest BCUT2D eigenvalue weighted by molar-refractivity contribution is 0.502. The minimum absolute atomic E-state index is 0.824. The summed E-state index contributed by atoms with van der Waals surface area (Å²) in [6, 6.07) is 0. The quantitative estimate of drug-likeness (QED) is 0.819. The Bertz CT molecular complexity index is 365. The molecule has 3 nitrogen and oxygen atoms in total. The predicted octanol–water partition coefficient (Wildman–Crippen LogP) is 2.21. The van der Waals surface area contributed by atoms with Crippen LogP contribution < -0.4 is 5.73 Å². The first-order valence-electron chi connectivity index (χ1n) is 6.03. The molecule has 1 heterocycles. The summed E-state index contributed by atoms with van der Waals surface area (Å²) < 4.78 is 2.05. The Morgan fingerprint density at radius 1 is 1.53 bits per heavy atom. The molecule has 0 radical (unpaired) electrons. The number of aryl methyl sites for hydroxylation is 1. The molecule has 2 fully saturated rings. The summed E-state index contributed by atoms with van der Waals surface area (Å²) in [5.74, 6) is 3.15. The lowest BCUT2D eigenvalue weighted by Gasteiger charge is -2.03. The second-order valence-electron chi connectivity index (χ2n) is 5.19. The van der Waals surface area contributed by atoms with Gasteiger partial charge in [0.05, 0.1) is 17.6 Å². The highest BCUT2D eigenvalue weighted by atomic mass is 15.3. The third-order valence-electron chi connectivity index (χ3n) is 4.06. The van der Waals surface area contributed by atoms with Gasteiger partial charge in [0, 0.05) is 6.54 Å². The van der Waals surface area contributed by atoms with Crippen LogP contribution in [0.2, 0.25) is 0 Å². The summed E-state index contributed by atoms with van der Waals surface area (Å²) in [4.78, 5) is 0. The molecule has 1 aromatic rings. The van der Waals surface area contributed by atoms with Crippen LogP contribution in [-0.2, 0) is 6.54 Å². The lowest BCUT2D eigenvalue weighted by Crippen LogP contribution is -2.04. The highest BCUT2D eigenvalue weighted by molar-refractivity contribution is 5.39. The van der Waals surface area contributed by atoms with Crippen LogP contribution >= 0.6 is 0 Å². The van der Waals surface area contributed by atoms with E-state index in [1.807, 2.05) is 6.92 Å². The maximum Gasteiger partial charge on any atom is 0.0730 e. The van der Waals surface area contributed by atoms with E-state index >= 15 is 0 Å². The van der Waals surface area contributed by atoms with Crippen LogP contribution in [0.1, 0.15) is 31.4 Å². The summed E-state index contributed by atoms with van der Waals surface area (Å²) >= 11 is 0. The van der Waals surface area contributed by atoms with Gasteiger partial charge in [0.15, 0.2) is 0 Å². The molecule has 2 unspecified atom stereocenters. The molecule has 0 amide bonds. The van der Waals surface area contributed by atoms with Gasteiger partial charge in [0.2, 0.25) is 0 Å². The molecule has 15 heavy (non-hydrogen) atoms. The molecule has 2 saturated carbocycles. The number of aromatic nitrogens is 2. The van der Waals surface area contributed by atoms with Crippen LogP contribution in [0.4, 0.5) is 5.69 Å². The van der Waals surface area contributed by atoms with E-state index in [1.54, 1.807) is 6.20 Å². The van der Waals surface area contributed by atoms with Gasteiger partial charge in [-0.3, -0.25) is 4.68 Å². The van der Waals surface area contributed by atoms with Crippen LogP contribution in [0, 0.1) is 24.7 Å². The average molecular weight is 205 g/mol. The second-order valence-corrected chi connectivity index (χ2v) is 5.19. The van der Waals surface area contributed by atoms with E-state index in [4.69, 9.17) is 5.73 Å². The molecule has 0 aromatic carbocycles. The maximum atomic E-state index is 5.76. The second kappa shape index (κ2) is 3.26. The van der Waals surface area contributed by atoms with Crippen molar-refractivity contribution < 1.29 is 0 Å². The van der Waals surface area contributed by atoms with Gasteiger partial charge in [0.25, 0.3) is 0 Å². The minimum atomic E-state index is 0.824. The van der Waals surface area contributed by atoms with E-state index in [1.165, 1.54) is 25.7 Å². The van der Waals surface area contributed by atoms with Crippen molar-refractivity contribution in [3.63, 3.8) is 0 Å². The molecule has 82 valence electrons. The average Bonchev–Trinajstić information content (AvgIpc) is 3.10.